The van der Waals surface area contributed by atoms with E-state index in [9.17, 15) is 9.59 Å². The largest absolute Gasteiger partial charge is 0.480 e. The van der Waals surface area contributed by atoms with Crippen molar-refractivity contribution in [2.45, 2.75) is 0 Å². The van der Waals surface area contributed by atoms with Gasteiger partial charge in [0.05, 0.1) is 4.34 Å². The number of hydrogen-bond donors (Lipinski definition) is 2. The summed E-state index contributed by atoms with van der Waals surface area (Å²) in [6, 6.07) is 1.28. The summed E-state index contributed by atoms with van der Waals surface area (Å²) in [6.07, 6.45) is 0. The minimum Gasteiger partial charge on any atom is -0.480 e. The average molecular weight is 237 g/mol. The molecule has 0 aliphatic rings. The first-order valence-electron chi connectivity index (χ1n) is 3.38. The number of ether oxygens (including phenoxy) is 1. The SMILES string of the molecule is O=C(O)COc1cc(Cl)sc1C(=O)O. The molecule has 0 unspecified atom stereocenters. The van der Waals surface area contributed by atoms with Gasteiger partial charge in [0.25, 0.3) is 0 Å². The second-order valence-corrected chi connectivity index (χ2v) is 3.91. The molecule has 2 N–H and O–H groups in total. The van der Waals surface area contributed by atoms with Crippen LogP contribution in [0.4, 0.5) is 0 Å². The number of hydrogen-bond acceptors (Lipinski definition) is 4. The molecule has 0 aliphatic heterocycles. The second kappa shape index (κ2) is 4.30. The molecule has 0 aliphatic carbocycles. The Labute approximate surface area is 87.5 Å². The summed E-state index contributed by atoms with van der Waals surface area (Å²) in [5.74, 6) is -2.39. The molecule has 0 amide bonds. The molecule has 0 spiro atoms. The van der Waals surface area contributed by atoms with Crippen LogP contribution in [0.1, 0.15) is 9.67 Å². The molecule has 1 aromatic rings. The lowest BCUT2D eigenvalue weighted by molar-refractivity contribution is -0.139. The predicted octanol–water partition coefficient (Wildman–Crippen LogP) is 1.56. The molecular formula is C7H5ClO5S. The Morgan fingerprint density at radius 3 is 2.64 bits per heavy atom. The molecule has 1 aromatic heterocycles. The van der Waals surface area contributed by atoms with Crippen LogP contribution in [0.25, 0.3) is 0 Å². The summed E-state index contributed by atoms with van der Waals surface area (Å²) in [5.41, 5.74) is 0. The first-order valence-corrected chi connectivity index (χ1v) is 4.57. The molecule has 14 heavy (non-hydrogen) atoms. The first-order chi connectivity index (χ1) is 6.50. The van der Waals surface area contributed by atoms with Crippen LogP contribution in [0, 0.1) is 0 Å². The summed E-state index contributed by atoms with van der Waals surface area (Å²) < 4.78 is 4.96. The van der Waals surface area contributed by atoms with Crippen LogP contribution in [0.3, 0.4) is 0 Å². The molecule has 1 rings (SSSR count). The van der Waals surface area contributed by atoms with E-state index in [1.165, 1.54) is 6.07 Å². The summed E-state index contributed by atoms with van der Waals surface area (Å²) in [6.45, 7) is -0.590. The Morgan fingerprint density at radius 1 is 1.50 bits per heavy atom. The normalized spacial score (nSPS) is 9.79. The van der Waals surface area contributed by atoms with Gasteiger partial charge >= 0.3 is 11.9 Å². The van der Waals surface area contributed by atoms with Crippen LogP contribution in [-0.4, -0.2) is 28.8 Å². The molecule has 76 valence electrons. The van der Waals surface area contributed by atoms with Gasteiger partial charge in [0.2, 0.25) is 0 Å². The third-order valence-electron chi connectivity index (χ3n) is 1.21. The Bertz CT molecular complexity index is 372. The van der Waals surface area contributed by atoms with Crippen molar-refractivity contribution in [3.63, 3.8) is 0 Å². The van der Waals surface area contributed by atoms with Crippen molar-refractivity contribution < 1.29 is 24.5 Å². The van der Waals surface area contributed by atoms with Gasteiger partial charge in [-0.25, -0.2) is 9.59 Å². The second-order valence-electron chi connectivity index (χ2n) is 2.23. The third-order valence-corrected chi connectivity index (χ3v) is 2.45. The predicted molar refractivity (Wildman–Crippen MR) is 49.4 cm³/mol. The zero-order valence-electron chi connectivity index (χ0n) is 6.69. The molecule has 5 nitrogen and oxygen atoms in total. The van der Waals surface area contributed by atoms with E-state index in [2.05, 4.69) is 0 Å². The molecule has 1 heterocycles. The van der Waals surface area contributed by atoms with Crippen molar-refractivity contribution in [2.24, 2.45) is 0 Å². The van der Waals surface area contributed by atoms with Gasteiger partial charge in [-0.3, -0.25) is 0 Å². The molecule has 0 saturated carbocycles. The van der Waals surface area contributed by atoms with Crippen LogP contribution >= 0.6 is 22.9 Å². The van der Waals surface area contributed by atoms with Crippen LogP contribution in [0.15, 0.2) is 6.07 Å². The molecule has 0 atom stereocenters. The van der Waals surface area contributed by atoms with Gasteiger partial charge in [0.1, 0.15) is 5.75 Å². The maximum Gasteiger partial charge on any atom is 0.349 e. The standard InChI is InChI=1S/C7H5ClO5S/c8-4-1-3(13-2-5(9)10)6(14-4)7(11)12/h1H,2H2,(H,9,10)(H,11,12). The molecule has 0 radical (unpaired) electrons. The van der Waals surface area contributed by atoms with E-state index in [1.807, 2.05) is 0 Å². The number of thiophene rings is 1. The fourth-order valence-corrected chi connectivity index (χ4v) is 1.74. The van der Waals surface area contributed by atoms with Gasteiger partial charge in [-0.15, -0.1) is 11.3 Å². The summed E-state index contributed by atoms with van der Waals surface area (Å²) >= 11 is 6.37. The molecular weight excluding hydrogens is 232 g/mol. The van der Waals surface area contributed by atoms with E-state index < -0.39 is 18.5 Å². The fourth-order valence-electron chi connectivity index (χ4n) is 0.742. The molecule has 0 fully saturated rings. The lowest BCUT2D eigenvalue weighted by atomic mass is 10.4. The summed E-state index contributed by atoms with van der Waals surface area (Å²) in [7, 11) is 0. The zero-order chi connectivity index (χ0) is 10.7. The fraction of sp³-hybridized carbons (Fsp3) is 0.143. The minimum atomic E-state index is -1.19. The number of aromatic carboxylic acids is 1. The third kappa shape index (κ3) is 2.61. The minimum absolute atomic E-state index is 0.0186. The smallest absolute Gasteiger partial charge is 0.349 e. The van der Waals surface area contributed by atoms with Crippen molar-refractivity contribution in [3.8, 4) is 5.75 Å². The topological polar surface area (TPSA) is 83.8 Å². The average Bonchev–Trinajstić information content (AvgIpc) is 2.43. The number of carbonyl (C=O) groups is 2. The quantitative estimate of drug-likeness (QED) is 0.829. The van der Waals surface area contributed by atoms with Gasteiger partial charge in [-0.2, -0.15) is 0 Å². The summed E-state index contributed by atoms with van der Waals surface area (Å²) in [5, 5.41) is 17.0. The van der Waals surface area contributed by atoms with E-state index in [0.29, 0.717) is 0 Å². The van der Waals surface area contributed by atoms with E-state index in [0.717, 1.165) is 11.3 Å². The van der Waals surface area contributed by atoms with Crippen LogP contribution in [0.2, 0.25) is 4.34 Å². The molecule has 7 heteroatoms. The molecule has 0 aromatic carbocycles. The van der Waals surface area contributed by atoms with Crippen molar-refractivity contribution >= 4 is 34.9 Å². The Morgan fingerprint density at radius 2 is 2.14 bits per heavy atom. The zero-order valence-corrected chi connectivity index (χ0v) is 8.26. The van der Waals surface area contributed by atoms with Gasteiger partial charge in [-0.05, 0) is 0 Å². The summed E-state index contributed by atoms with van der Waals surface area (Å²) in [4.78, 5) is 20.7. The van der Waals surface area contributed by atoms with Gasteiger partial charge < -0.3 is 14.9 Å². The van der Waals surface area contributed by atoms with Gasteiger partial charge in [0.15, 0.2) is 11.5 Å². The van der Waals surface area contributed by atoms with Crippen LogP contribution in [0.5, 0.6) is 5.75 Å². The van der Waals surface area contributed by atoms with Gasteiger partial charge in [0, 0.05) is 6.07 Å². The number of carboxylic acids is 2. The number of aliphatic carboxylic acids is 1. The van der Waals surface area contributed by atoms with E-state index in [4.69, 9.17) is 26.6 Å². The number of carboxylic acid groups (broad SMARTS) is 2. The lowest BCUT2D eigenvalue weighted by Gasteiger charge is -2.00. The Balaban J connectivity index is 2.84. The highest BCUT2D eigenvalue weighted by Gasteiger charge is 2.16. The maximum atomic E-state index is 10.6. The first kappa shape index (κ1) is 10.8. The van der Waals surface area contributed by atoms with E-state index in [1.54, 1.807) is 0 Å². The maximum absolute atomic E-state index is 10.6. The van der Waals surface area contributed by atoms with Crippen molar-refractivity contribution in [1.82, 2.24) is 0 Å². The number of rotatable bonds is 4. The highest BCUT2D eigenvalue weighted by atomic mass is 35.5. The Hall–Kier alpha value is -1.27. The van der Waals surface area contributed by atoms with Crippen LogP contribution < -0.4 is 4.74 Å². The van der Waals surface area contributed by atoms with Crippen LogP contribution in [-0.2, 0) is 4.79 Å². The molecule has 0 saturated heterocycles. The van der Waals surface area contributed by atoms with E-state index in [-0.39, 0.29) is 15.0 Å². The van der Waals surface area contributed by atoms with Crippen molar-refractivity contribution in [1.29, 1.82) is 0 Å². The van der Waals surface area contributed by atoms with Crippen molar-refractivity contribution in [2.75, 3.05) is 6.61 Å². The van der Waals surface area contributed by atoms with E-state index >= 15 is 0 Å². The molecule has 0 bridgehead atoms. The van der Waals surface area contributed by atoms with Gasteiger partial charge in [-0.1, -0.05) is 11.6 Å². The number of halogens is 1. The Kier molecular flexibility index (Phi) is 3.32. The monoisotopic (exact) mass is 236 g/mol. The van der Waals surface area contributed by atoms with Crippen molar-refractivity contribution in [3.05, 3.63) is 15.3 Å². The highest BCUT2D eigenvalue weighted by Crippen LogP contribution is 2.32. The highest BCUT2D eigenvalue weighted by molar-refractivity contribution is 7.18. The lowest BCUT2D eigenvalue weighted by Crippen LogP contribution is -2.10.